The van der Waals surface area contributed by atoms with Crippen LogP contribution in [0.3, 0.4) is 0 Å². The minimum Gasteiger partial charge on any atom is -0.454 e. The summed E-state index contributed by atoms with van der Waals surface area (Å²) in [4.78, 5) is 35.0. The maximum Gasteiger partial charge on any atom is 0.338 e. The summed E-state index contributed by atoms with van der Waals surface area (Å²) in [6.45, 7) is 6.29. The zero-order chi connectivity index (χ0) is 20.8. The zero-order valence-electron chi connectivity index (χ0n) is 16.5. The molecule has 28 heavy (non-hydrogen) atoms. The van der Waals surface area contributed by atoms with Crippen LogP contribution in [0.25, 0.3) is 0 Å². The standard InChI is InChI=1S/C20H24N2O6/c1-13-10-16(6-7-18(13)22(25)26)20(24)28-12-19(23)17-11-14(2)21(15(17)3)8-5-9-27-4/h6-7,10-11H,5,8-9,12H2,1-4H3. The Bertz CT molecular complexity index is 900. The molecule has 0 aliphatic heterocycles. The molecule has 1 aromatic carbocycles. The van der Waals surface area contributed by atoms with Crippen molar-refractivity contribution in [2.75, 3.05) is 20.3 Å². The molecule has 150 valence electrons. The molecular weight excluding hydrogens is 364 g/mol. The molecular formula is C20H24N2O6. The van der Waals surface area contributed by atoms with Crippen molar-refractivity contribution in [1.82, 2.24) is 4.57 Å². The van der Waals surface area contributed by atoms with E-state index in [9.17, 15) is 19.7 Å². The number of ketones is 1. The van der Waals surface area contributed by atoms with E-state index < -0.39 is 17.5 Å². The van der Waals surface area contributed by atoms with Gasteiger partial charge in [0.25, 0.3) is 5.69 Å². The van der Waals surface area contributed by atoms with Gasteiger partial charge in [0, 0.05) is 48.8 Å². The van der Waals surface area contributed by atoms with Crippen molar-refractivity contribution >= 4 is 17.4 Å². The van der Waals surface area contributed by atoms with Gasteiger partial charge < -0.3 is 14.0 Å². The first kappa shape index (κ1) is 21.3. The zero-order valence-corrected chi connectivity index (χ0v) is 16.5. The number of carbonyl (C=O) groups is 2. The van der Waals surface area contributed by atoms with E-state index in [1.807, 2.05) is 18.4 Å². The molecule has 0 bridgehead atoms. The number of methoxy groups -OCH3 is 1. The van der Waals surface area contributed by atoms with Crippen LogP contribution < -0.4 is 0 Å². The van der Waals surface area contributed by atoms with Gasteiger partial charge in [-0.3, -0.25) is 14.9 Å². The molecule has 2 rings (SSSR count). The van der Waals surface area contributed by atoms with Crippen molar-refractivity contribution in [3.05, 3.63) is 62.5 Å². The average molecular weight is 388 g/mol. The topological polar surface area (TPSA) is 101 Å². The third-order valence-electron chi connectivity index (χ3n) is 4.57. The van der Waals surface area contributed by atoms with Crippen molar-refractivity contribution < 1.29 is 24.0 Å². The minimum absolute atomic E-state index is 0.0754. The highest BCUT2D eigenvalue weighted by molar-refractivity contribution is 6.00. The summed E-state index contributed by atoms with van der Waals surface area (Å²) in [5.74, 6) is -0.988. The highest BCUT2D eigenvalue weighted by Crippen LogP contribution is 2.20. The lowest BCUT2D eigenvalue weighted by Gasteiger charge is -2.09. The summed E-state index contributed by atoms with van der Waals surface area (Å²) in [6.07, 6.45) is 0.828. The van der Waals surface area contributed by atoms with Crippen LogP contribution in [0.2, 0.25) is 0 Å². The first-order valence-electron chi connectivity index (χ1n) is 8.87. The maximum absolute atomic E-state index is 12.5. The SMILES string of the molecule is COCCCn1c(C)cc(C(=O)COC(=O)c2ccc([N+](=O)[O-])c(C)c2)c1C. The van der Waals surface area contributed by atoms with Gasteiger partial charge in [-0.15, -0.1) is 0 Å². The minimum atomic E-state index is -0.694. The van der Waals surface area contributed by atoms with Crippen LogP contribution in [0.15, 0.2) is 24.3 Å². The van der Waals surface area contributed by atoms with Gasteiger partial charge in [0.2, 0.25) is 5.78 Å². The fraction of sp³-hybridized carbons (Fsp3) is 0.400. The molecule has 8 heteroatoms. The van der Waals surface area contributed by atoms with Crippen molar-refractivity contribution in [2.45, 2.75) is 33.7 Å². The Morgan fingerprint density at radius 3 is 2.50 bits per heavy atom. The van der Waals surface area contributed by atoms with Gasteiger partial charge in [-0.25, -0.2) is 4.79 Å². The second-order valence-electron chi connectivity index (χ2n) is 6.54. The van der Waals surface area contributed by atoms with Crippen molar-refractivity contribution in [3.63, 3.8) is 0 Å². The Kier molecular flexibility index (Phi) is 7.06. The number of aryl methyl sites for hydroxylation is 2. The number of Topliss-reactive ketones (excluding diaryl/α,β-unsaturated/α-hetero) is 1. The van der Waals surface area contributed by atoms with E-state index in [1.165, 1.54) is 18.2 Å². The van der Waals surface area contributed by atoms with Crippen LogP contribution in [-0.2, 0) is 16.0 Å². The fourth-order valence-electron chi connectivity index (χ4n) is 3.07. The number of ether oxygens (including phenoxy) is 2. The first-order chi connectivity index (χ1) is 13.3. The average Bonchev–Trinajstić information content (AvgIpc) is 2.93. The lowest BCUT2D eigenvalue weighted by atomic mass is 10.1. The van der Waals surface area contributed by atoms with E-state index in [1.54, 1.807) is 20.1 Å². The molecule has 0 atom stereocenters. The number of benzene rings is 1. The van der Waals surface area contributed by atoms with E-state index in [0.717, 1.165) is 24.4 Å². The summed E-state index contributed by atoms with van der Waals surface area (Å²) < 4.78 is 12.2. The molecule has 0 N–H and O–H groups in total. The summed E-state index contributed by atoms with van der Waals surface area (Å²) >= 11 is 0. The second kappa shape index (κ2) is 9.27. The molecule has 0 unspecified atom stereocenters. The molecule has 0 saturated heterocycles. The Balaban J connectivity index is 2.04. The third kappa shape index (κ3) is 4.83. The van der Waals surface area contributed by atoms with E-state index in [0.29, 0.717) is 17.7 Å². The quantitative estimate of drug-likeness (QED) is 0.215. The number of nitro groups is 1. The van der Waals surface area contributed by atoms with Crippen molar-refractivity contribution in [2.24, 2.45) is 0 Å². The second-order valence-corrected chi connectivity index (χ2v) is 6.54. The molecule has 8 nitrogen and oxygen atoms in total. The number of hydrogen-bond acceptors (Lipinski definition) is 6. The van der Waals surface area contributed by atoms with Crippen molar-refractivity contribution in [1.29, 1.82) is 0 Å². The van der Waals surface area contributed by atoms with Crippen LogP contribution in [-0.4, -0.2) is 41.6 Å². The molecule has 0 amide bonds. The monoisotopic (exact) mass is 388 g/mol. The number of esters is 1. The summed E-state index contributed by atoms with van der Waals surface area (Å²) in [5.41, 5.74) is 2.73. The lowest BCUT2D eigenvalue weighted by Crippen LogP contribution is -2.15. The molecule has 0 aliphatic carbocycles. The fourth-order valence-corrected chi connectivity index (χ4v) is 3.07. The normalized spacial score (nSPS) is 10.7. The van der Waals surface area contributed by atoms with E-state index in [4.69, 9.17) is 9.47 Å². The predicted octanol–water partition coefficient (Wildman–Crippen LogP) is 3.40. The van der Waals surface area contributed by atoms with E-state index in [-0.39, 0.29) is 17.0 Å². The molecule has 0 aliphatic rings. The Labute approximate surface area is 163 Å². The summed E-state index contributed by atoms with van der Waals surface area (Å²) in [5, 5.41) is 10.9. The van der Waals surface area contributed by atoms with Gasteiger partial charge in [-0.1, -0.05) is 0 Å². The molecule has 1 aromatic heterocycles. The van der Waals surface area contributed by atoms with Crippen LogP contribution in [0.5, 0.6) is 0 Å². The number of rotatable bonds is 9. The summed E-state index contributed by atoms with van der Waals surface area (Å²) in [6, 6.07) is 5.74. The Hall–Kier alpha value is -3.00. The van der Waals surface area contributed by atoms with E-state index >= 15 is 0 Å². The molecule has 0 radical (unpaired) electrons. The number of nitrogens with zero attached hydrogens (tertiary/aromatic N) is 2. The lowest BCUT2D eigenvalue weighted by molar-refractivity contribution is -0.385. The smallest absolute Gasteiger partial charge is 0.338 e. The highest BCUT2D eigenvalue weighted by atomic mass is 16.6. The first-order valence-corrected chi connectivity index (χ1v) is 8.87. The van der Waals surface area contributed by atoms with Gasteiger partial charge in [0.15, 0.2) is 6.61 Å². The molecule has 0 spiro atoms. The van der Waals surface area contributed by atoms with Gasteiger partial charge >= 0.3 is 5.97 Å². The van der Waals surface area contributed by atoms with Crippen molar-refractivity contribution in [3.8, 4) is 0 Å². The molecule has 0 fully saturated rings. The highest BCUT2D eigenvalue weighted by Gasteiger charge is 2.19. The molecule has 1 heterocycles. The summed E-state index contributed by atoms with van der Waals surface area (Å²) in [7, 11) is 1.64. The van der Waals surface area contributed by atoms with Crippen LogP contribution >= 0.6 is 0 Å². The third-order valence-corrected chi connectivity index (χ3v) is 4.57. The number of nitro benzene ring substituents is 1. The Morgan fingerprint density at radius 2 is 1.89 bits per heavy atom. The molecule has 0 saturated carbocycles. The number of hydrogen-bond donors (Lipinski definition) is 0. The Morgan fingerprint density at radius 1 is 1.18 bits per heavy atom. The van der Waals surface area contributed by atoms with E-state index in [2.05, 4.69) is 0 Å². The predicted molar refractivity (Wildman–Crippen MR) is 103 cm³/mol. The molecule has 2 aromatic rings. The maximum atomic E-state index is 12.5. The van der Waals surface area contributed by atoms with Crippen LogP contribution in [0, 0.1) is 30.9 Å². The van der Waals surface area contributed by atoms with Gasteiger partial charge in [-0.2, -0.15) is 0 Å². The number of carbonyl (C=O) groups excluding carboxylic acids is 2. The van der Waals surface area contributed by atoms with Gasteiger partial charge in [-0.05, 0) is 45.4 Å². The largest absolute Gasteiger partial charge is 0.454 e. The van der Waals surface area contributed by atoms with Crippen LogP contribution in [0.4, 0.5) is 5.69 Å². The number of aromatic nitrogens is 1. The van der Waals surface area contributed by atoms with Gasteiger partial charge in [0.05, 0.1) is 10.5 Å². The van der Waals surface area contributed by atoms with Gasteiger partial charge in [0.1, 0.15) is 0 Å². The van der Waals surface area contributed by atoms with Crippen LogP contribution in [0.1, 0.15) is 44.1 Å².